The molecule has 2 unspecified atom stereocenters. The minimum absolute atomic E-state index is 0.558. The van der Waals surface area contributed by atoms with Crippen molar-refractivity contribution in [1.29, 1.82) is 0 Å². The molecule has 1 aliphatic rings. The normalized spacial score (nSPS) is 27.1. The van der Waals surface area contributed by atoms with Crippen LogP contribution in [0.3, 0.4) is 0 Å². The van der Waals surface area contributed by atoms with Gasteiger partial charge in [-0.05, 0) is 45.2 Å². The van der Waals surface area contributed by atoms with E-state index in [0.717, 1.165) is 18.1 Å². The highest BCUT2D eigenvalue weighted by atomic mass is 35.5. The van der Waals surface area contributed by atoms with Crippen LogP contribution in [0.1, 0.15) is 13.8 Å². The van der Waals surface area contributed by atoms with Crippen molar-refractivity contribution >= 4 is 17.3 Å². The van der Waals surface area contributed by atoms with Crippen molar-refractivity contribution in [2.75, 3.05) is 25.0 Å². The van der Waals surface area contributed by atoms with Crippen molar-refractivity contribution in [2.45, 2.75) is 25.9 Å². The molecule has 1 heterocycles. The van der Waals surface area contributed by atoms with Crippen LogP contribution in [0.25, 0.3) is 0 Å². The van der Waals surface area contributed by atoms with Gasteiger partial charge in [-0.25, -0.2) is 0 Å². The SMILES string of the molecule is CC1CN(c2ccc(Cl)cc2)C(C)CN1C. The molecule has 0 aliphatic carbocycles. The first-order valence-electron chi connectivity index (χ1n) is 5.80. The fourth-order valence-corrected chi connectivity index (χ4v) is 2.42. The van der Waals surface area contributed by atoms with Crippen LogP contribution in [0.2, 0.25) is 5.02 Å². The summed E-state index contributed by atoms with van der Waals surface area (Å²) in [5, 5.41) is 0.804. The standard InChI is InChI=1S/C13H19ClN2/c1-10-9-16(11(2)8-15(10)3)13-6-4-12(14)5-7-13/h4-7,10-11H,8-9H2,1-3H3. The van der Waals surface area contributed by atoms with Gasteiger partial charge in [0.1, 0.15) is 0 Å². The molecule has 0 saturated carbocycles. The lowest BCUT2D eigenvalue weighted by atomic mass is 10.1. The monoisotopic (exact) mass is 238 g/mol. The molecule has 1 aromatic rings. The van der Waals surface area contributed by atoms with Crippen molar-refractivity contribution in [3.63, 3.8) is 0 Å². The number of halogens is 1. The molecular formula is C13H19ClN2. The average Bonchev–Trinajstić information content (AvgIpc) is 2.25. The van der Waals surface area contributed by atoms with E-state index in [4.69, 9.17) is 11.6 Å². The molecule has 88 valence electrons. The number of rotatable bonds is 1. The number of hydrogen-bond donors (Lipinski definition) is 0. The Bertz CT molecular complexity index is 349. The first-order valence-corrected chi connectivity index (χ1v) is 6.18. The highest BCUT2D eigenvalue weighted by Gasteiger charge is 2.26. The largest absolute Gasteiger partial charge is 0.366 e. The third-order valence-corrected chi connectivity index (χ3v) is 3.71. The van der Waals surface area contributed by atoms with Crippen molar-refractivity contribution in [1.82, 2.24) is 4.90 Å². The topological polar surface area (TPSA) is 6.48 Å². The summed E-state index contributed by atoms with van der Waals surface area (Å²) in [5.41, 5.74) is 1.27. The van der Waals surface area contributed by atoms with E-state index in [0.29, 0.717) is 12.1 Å². The zero-order valence-corrected chi connectivity index (χ0v) is 10.9. The second kappa shape index (κ2) is 4.64. The molecular weight excluding hydrogens is 220 g/mol. The van der Waals surface area contributed by atoms with Crippen LogP contribution in [-0.4, -0.2) is 37.1 Å². The summed E-state index contributed by atoms with van der Waals surface area (Å²) in [4.78, 5) is 4.87. The minimum Gasteiger partial charge on any atom is -0.366 e. The molecule has 0 bridgehead atoms. The Hall–Kier alpha value is -0.730. The van der Waals surface area contributed by atoms with Crippen LogP contribution in [0, 0.1) is 0 Å². The summed E-state index contributed by atoms with van der Waals surface area (Å²) >= 11 is 5.91. The Morgan fingerprint density at radius 1 is 1.06 bits per heavy atom. The van der Waals surface area contributed by atoms with Gasteiger partial charge in [0.2, 0.25) is 0 Å². The predicted molar refractivity (Wildman–Crippen MR) is 70.4 cm³/mol. The third kappa shape index (κ3) is 2.33. The van der Waals surface area contributed by atoms with E-state index in [1.807, 2.05) is 12.1 Å². The Morgan fingerprint density at radius 3 is 2.31 bits per heavy atom. The first kappa shape index (κ1) is 11.7. The Labute approximate surface area is 103 Å². The van der Waals surface area contributed by atoms with E-state index in [-0.39, 0.29) is 0 Å². The van der Waals surface area contributed by atoms with E-state index >= 15 is 0 Å². The molecule has 1 saturated heterocycles. The van der Waals surface area contributed by atoms with Crippen molar-refractivity contribution in [3.05, 3.63) is 29.3 Å². The maximum absolute atomic E-state index is 5.91. The minimum atomic E-state index is 0.558. The summed E-state index contributed by atoms with van der Waals surface area (Å²) in [7, 11) is 2.19. The highest BCUT2D eigenvalue weighted by molar-refractivity contribution is 6.30. The Morgan fingerprint density at radius 2 is 1.69 bits per heavy atom. The van der Waals surface area contributed by atoms with E-state index in [9.17, 15) is 0 Å². The van der Waals surface area contributed by atoms with Gasteiger partial charge in [0.05, 0.1) is 0 Å². The number of anilines is 1. The van der Waals surface area contributed by atoms with Gasteiger partial charge in [-0.2, -0.15) is 0 Å². The van der Waals surface area contributed by atoms with Gasteiger partial charge in [-0.3, -0.25) is 4.90 Å². The van der Waals surface area contributed by atoms with E-state index in [1.165, 1.54) is 5.69 Å². The molecule has 2 rings (SSSR count). The number of nitrogens with zero attached hydrogens (tertiary/aromatic N) is 2. The van der Waals surface area contributed by atoms with Crippen LogP contribution in [0.4, 0.5) is 5.69 Å². The molecule has 1 fully saturated rings. The summed E-state index contributed by atoms with van der Waals surface area (Å²) in [6.45, 7) is 6.74. The molecule has 1 aliphatic heterocycles. The zero-order chi connectivity index (χ0) is 11.7. The van der Waals surface area contributed by atoms with Gasteiger partial charge in [0, 0.05) is 35.9 Å². The van der Waals surface area contributed by atoms with E-state index in [1.54, 1.807) is 0 Å². The zero-order valence-electron chi connectivity index (χ0n) is 10.2. The van der Waals surface area contributed by atoms with Crippen molar-refractivity contribution in [3.8, 4) is 0 Å². The second-order valence-corrected chi connectivity index (χ2v) is 5.20. The fraction of sp³-hybridized carbons (Fsp3) is 0.538. The molecule has 0 aromatic heterocycles. The van der Waals surface area contributed by atoms with Crippen LogP contribution >= 0.6 is 11.6 Å². The van der Waals surface area contributed by atoms with Gasteiger partial charge in [-0.15, -0.1) is 0 Å². The molecule has 3 heteroatoms. The molecule has 0 radical (unpaired) electrons. The molecule has 0 N–H and O–H groups in total. The van der Waals surface area contributed by atoms with Gasteiger partial charge in [0.15, 0.2) is 0 Å². The summed E-state index contributed by atoms with van der Waals surface area (Å²) in [5.74, 6) is 0. The van der Waals surface area contributed by atoms with Gasteiger partial charge >= 0.3 is 0 Å². The van der Waals surface area contributed by atoms with Crippen LogP contribution in [0.15, 0.2) is 24.3 Å². The maximum Gasteiger partial charge on any atom is 0.0407 e. The summed E-state index contributed by atoms with van der Waals surface area (Å²) in [6.07, 6.45) is 0. The lowest BCUT2D eigenvalue weighted by molar-refractivity contribution is 0.206. The molecule has 2 atom stereocenters. The summed E-state index contributed by atoms with van der Waals surface area (Å²) in [6, 6.07) is 9.31. The number of piperazine rings is 1. The van der Waals surface area contributed by atoms with Gasteiger partial charge in [-0.1, -0.05) is 11.6 Å². The third-order valence-electron chi connectivity index (χ3n) is 3.46. The van der Waals surface area contributed by atoms with Crippen LogP contribution in [0.5, 0.6) is 0 Å². The summed E-state index contributed by atoms with van der Waals surface area (Å²) < 4.78 is 0. The lowest BCUT2D eigenvalue weighted by Gasteiger charge is -2.43. The highest BCUT2D eigenvalue weighted by Crippen LogP contribution is 2.23. The maximum atomic E-state index is 5.91. The molecule has 2 nitrogen and oxygen atoms in total. The predicted octanol–water partition coefficient (Wildman–Crippen LogP) is 2.87. The molecule has 0 amide bonds. The number of likely N-dealkylation sites (N-methyl/N-ethyl adjacent to an activating group) is 1. The van der Waals surface area contributed by atoms with E-state index in [2.05, 4.69) is 42.8 Å². The van der Waals surface area contributed by atoms with Gasteiger partial charge < -0.3 is 4.90 Å². The van der Waals surface area contributed by atoms with E-state index < -0.39 is 0 Å². The average molecular weight is 239 g/mol. The Balaban J connectivity index is 2.17. The first-order chi connectivity index (χ1) is 7.58. The molecule has 16 heavy (non-hydrogen) atoms. The number of benzene rings is 1. The number of hydrogen-bond acceptors (Lipinski definition) is 2. The quantitative estimate of drug-likeness (QED) is 0.743. The molecule has 0 spiro atoms. The van der Waals surface area contributed by atoms with Gasteiger partial charge in [0.25, 0.3) is 0 Å². The van der Waals surface area contributed by atoms with Crippen LogP contribution in [-0.2, 0) is 0 Å². The Kier molecular flexibility index (Phi) is 3.41. The van der Waals surface area contributed by atoms with Crippen molar-refractivity contribution < 1.29 is 0 Å². The van der Waals surface area contributed by atoms with Crippen LogP contribution < -0.4 is 4.90 Å². The lowest BCUT2D eigenvalue weighted by Crippen LogP contribution is -2.55. The molecule has 1 aromatic carbocycles. The fourth-order valence-electron chi connectivity index (χ4n) is 2.29. The van der Waals surface area contributed by atoms with Crippen molar-refractivity contribution in [2.24, 2.45) is 0 Å². The second-order valence-electron chi connectivity index (χ2n) is 4.77. The smallest absolute Gasteiger partial charge is 0.0407 e.